The Bertz CT molecular complexity index is 1200. The minimum absolute atomic E-state index is 0.108. The summed E-state index contributed by atoms with van der Waals surface area (Å²) in [6.07, 6.45) is 9.28. The van der Waals surface area contributed by atoms with Crippen LogP contribution in [-0.4, -0.2) is 88.2 Å². The van der Waals surface area contributed by atoms with Gasteiger partial charge < -0.3 is 19.6 Å². The van der Waals surface area contributed by atoms with E-state index in [9.17, 15) is 9.59 Å². The number of hydrogen-bond donors (Lipinski definition) is 1. The highest BCUT2D eigenvalue weighted by atomic mass is 16.5. The predicted molar refractivity (Wildman–Crippen MR) is 144 cm³/mol. The summed E-state index contributed by atoms with van der Waals surface area (Å²) in [6, 6.07) is 8.22. The monoisotopic (exact) mass is 521 g/mol. The Morgan fingerprint density at radius 3 is 2.53 bits per heavy atom. The molecule has 38 heavy (non-hydrogen) atoms. The van der Waals surface area contributed by atoms with Gasteiger partial charge in [-0.15, -0.1) is 0 Å². The van der Waals surface area contributed by atoms with Crippen LogP contribution in [-0.2, 0) is 11.3 Å². The topological polar surface area (TPSA) is 91.1 Å². The van der Waals surface area contributed by atoms with E-state index in [1.54, 1.807) is 0 Å². The molecule has 0 radical (unpaired) electrons. The third-order valence-corrected chi connectivity index (χ3v) is 9.56. The van der Waals surface area contributed by atoms with Gasteiger partial charge in [-0.25, -0.2) is 9.59 Å². The van der Waals surface area contributed by atoms with Crippen LogP contribution in [0.1, 0.15) is 66.6 Å². The number of hydrogen-bond acceptors (Lipinski definition) is 6. The van der Waals surface area contributed by atoms with Gasteiger partial charge in [0.2, 0.25) is 0 Å². The lowest BCUT2D eigenvalue weighted by molar-refractivity contribution is 0.0254. The van der Waals surface area contributed by atoms with Crippen LogP contribution in [0.25, 0.3) is 0 Å². The molecule has 4 saturated heterocycles. The summed E-state index contributed by atoms with van der Waals surface area (Å²) in [5.74, 6) is -1.12. The number of benzene rings is 1. The highest BCUT2D eigenvalue weighted by Gasteiger charge is 2.44. The molecule has 6 rings (SSSR count). The van der Waals surface area contributed by atoms with E-state index in [2.05, 4.69) is 40.0 Å². The van der Waals surface area contributed by atoms with Crippen molar-refractivity contribution in [1.29, 1.82) is 0 Å². The lowest BCUT2D eigenvalue weighted by Crippen LogP contribution is -2.53. The third-order valence-electron chi connectivity index (χ3n) is 9.56. The Morgan fingerprint density at radius 1 is 1.00 bits per heavy atom. The van der Waals surface area contributed by atoms with Gasteiger partial charge >= 0.3 is 12.0 Å². The van der Waals surface area contributed by atoms with Crippen molar-refractivity contribution in [3.8, 4) is 0 Å². The molecular weight excluding hydrogens is 482 g/mol. The molecule has 2 spiro atoms. The van der Waals surface area contributed by atoms with Crippen molar-refractivity contribution >= 4 is 17.7 Å². The largest absolute Gasteiger partial charge is 0.476 e. The van der Waals surface area contributed by atoms with Crippen molar-refractivity contribution in [2.75, 3.05) is 50.8 Å². The number of aromatic nitrogens is 2. The summed E-state index contributed by atoms with van der Waals surface area (Å²) in [7, 11) is 0. The van der Waals surface area contributed by atoms with E-state index >= 15 is 0 Å². The summed E-state index contributed by atoms with van der Waals surface area (Å²) in [5, 5.41) is 13.0. The second-order valence-corrected chi connectivity index (χ2v) is 11.9. The first-order valence-corrected chi connectivity index (χ1v) is 14.1. The first-order valence-electron chi connectivity index (χ1n) is 14.1. The normalized spacial score (nSPS) is 23.0. The maximum atomic E-state index is 12.9. The molecule has 4 fully saturated rings. The zero-order valence-corrected chi connectivity index (χ0v) is 22.4. The Morgan fingerprint density at radius 2 is 1.79 bits per heavy atom. The lowest BCUT2D eigenvalue weighted by Gasteiger charge is -2.45. The summed E-state index contributed by atoms with van der Waals surface area (Å²) in [4.78, 5) is 31.1. The van der Waals surface area contributed by atoms with Gasteiger partial charge in [0.15, 0.2) is 5.69 Å². The molecule has 1 aromatic carbocycles. The van der Waals surface area contributed by atoms with Crippen molar-refractivity contribution in [1.82, 2.24) is 19.6 Å². The molecule has 0 aliphatic carbocycles. The van der Waals surface area contributed by atoms with Gasteiger partial charge in [0.05, 0.1) is 0 Å². The molecule has 1 N–H and O–H groups in total. The molecule has 5 heterocycles. The number of aromatic carboxylic acids is 1. The third kappa shape index (κ3) is 4.82. The fourth-order valence-corrected chi connectivity index (χ4v) is 7.31. The van der Waals surface area contributed by atoms with Crippen LogP contribution in [0.2, 0.25) is 0 Å². The van der Waals surface area contributed by atoms with Crippen LogP contribution in [0.3, 0.4) is 0 Å². The molecular formula is C29H39N5O4. The van der Waals surface area contributed by atoms with Crippen LogP contribution in [0.5, 0.6) is 0 Å². The summed E-state index contributed by atoms with van der Waals surface area (Å²) < 4.78 is 6.80. The Hall–Kier alpha value is -2.91. The molecule has 4 aliphatic heterocycles. The van der Waals surface area contributed by atoms with Crippen molar-refractivity contribution in [2.45, 2.75) is 64.0 Å². The molecule has 2 aromatic rings. The summed E-state index contributed by atoms with van der Waals surface area (Å²) >= 11 is 0. The molecule has 9 heteroatoms. The van der Waals surface area contributed by atoms with Crippen LogP contribution >= 0.6 is 0 Å². The number of carbonyl (C=O) groups excluding carboxylic acids is 1. The number of aryl methyl sites for hydroxylation is 1. The average molecular weight is 522 g/mol. The second-order valence-electron chi connectivity index (χ2n) is 11.9. The second kappa shape index (κ2) is 10.0. The zero-order chi connectivity index (χ0) is 26.3. The van der Waals surface area contributed by atoms with E-state index in [1.807, 2.05) is 4.90 Å². The molecule has 1 amide bonds. The zero-order valence-electron chi connectivity index (χ0n) is 22.4. The highest BCUT2D eigenvalue weighted by Crippen LogP contribution is 2.43. The number of carboxylic acid groups (broad SMARTS) is 1. The quantitative estimate of drug-likeness (QED) is 0.650. The molecule has 1 aromatic heterocycles. The lowest BCUT2D eigenvalue weighted by atomic mass is 9.80. The van der Waals surface area contributed by atoms with Gasteiger partial charge in [-0.3, -0.25) is 4.90 Å². The van der Waals surface area contributed by atoms with Crippen molar-refractivity contribution in [3.05, 3.63) is 47.3 Å². The van der Waals surface area contributed by atoms with E-state index in [0.717, 1.165) is 63.3 Å². The van der Waals surface area contributed by atoms with Crippen molar-refractivity contribution in [2.24, 2.45) is 5.41 Å². The van der Waals surface area contributed by atoms with Crippen LogP contribution in [0.4, 0.5) is 10.5 Å². The number of anilines is 1. The van der Waals surface area contributed by atoms with E-state index in [4.69, 9.17) is 9.84 Å². The van der Waals surface area contributed by atoms with Crippen molar-refractivity contribution in [3.63, 3.8) is 0 Å². The minimum Gasteiger partial charge on any atom is -0.476 e. The number of amides is 1. The SMILES string of the molecule is Cc1cc(CN2CCCC23CCN(C(=O)n2ccc(C(=O)O)n2)CC3)cc(N2CCC3(CCOCC3)C2)c1. The number of likely N-dealkylation sites (tertiary alicyclic amines) is 2. The van der Waals surface area contributed by atoms with Crippen molar-refractivity contribution < 1.29 is 19.4 Å². The maximum Gasteiger partial charge on any atom is 0.356 e. The first kappa shape index (κ1) is 25.4. The molecule has 0 saturated carbocycles. The van der Waals surface area contributed by atoms with E-state index in [0.29, 0.717) is 18.5 Å². The highest BCUT2D eigenvalue weighted by molar-refractivity contribution is 5.86. The van der Waals surface area contributed by atoms with Crippen LogP contribution in [0.15, 0.2) is 30.5 Å². The molecule has 9 nitrogen and oxygen atoms in total. The summed E-state index contributed by atoms with van der Waals surface area (Å²) in [5.41, 5.74) is 4.50. The number of piperidine rings is 1. The smallest absolute Gasteiger partial charge is 0.356 e. The van der Waals surface area contributed by atoms with E-state index in [1.165, 1.54) is 54.8 Å². The predicted octanol–water partition coefficient (Wildman–Crippen LogP) is 4.00. The standard InChI is InChI=1S/C29H39N5O4/c1-22-17-23(19-24(18-22)32-12-5-28(21-32)8-15-38-16-9-28)20-33-10-2-4-29(33)6-13-31(14-7-29)27(37)34-11-3-25(30-34)26(35)36/h3,11,17-19H,2,4-10,12-16,20-21H2,1H3,(H,35,36). The van der Waals surface area contributed by atoms with Gasteiger partial charge in [0.1, 0.15) is 0 Å². The average Bonchev–Trinajstić information content (AvgIpc) is 3.65. The van der Waals surface area contributed by atoms with Gasteiger partial charge in [-0.2, -0.15) is 9.78 Å². The van der Waals surface area contributed by atoms with E-state index in [-0.39, 0.29) is 17.3 Å². The molecule has 0 unspecified atom stereocenters. The van der Waals surface area contributed by atoms with Gasteiger partial charge in [0.25, 0.3) is 0 Å². The van der Waals surface area contributed by atoms with Crippen LogP contribution in [0, 0.1) is 12.3 Å². The Kier molecular flexibility index (Phi) is 6.68. The molecule has 0 atom stereocenters. The molecule has 0 bridgehead atoms. The Labute approximate surface area is 224 Å². The fourth-order valence-electron chi connectivity index (χ4n) is 7.31. The summed E-state index contributed by atoms with van der Waals surface area (Å²) in [6.45, 7) is 9.64. The molecule has 204 valence electrons. The number of carboxylic acids is 1. The fraction of sp³-hybridized carbons (Fsp3) is 0.621. The number of carbonyl (C=O) groups is 2. The first-order chi connectivity index (χ1) is 18.3. The van der Waals surface area contributed by atoms with E-state index < -0.39 is 5.97 Å². The Balaban J connectivity index is 1.11. The van der Waals surface area contributed by atoms with Crippen LogP contribution < -0.4 is 4.90 Å². The number of rotatable bonds is 4. The van der Waals surface area contributed by atoms with Gasteiger partial charge in [0, 0.05) is 63.4 Å². The van der Waals surface area contributed by atoms with Gasteiger partial charge in [-0.1, -0.05) is 6.07 Å². The minimum atomic E-state index is -1.12. The number of ether oxygens (including phenoxy) is 1. The van der Waals surface area contributed by atoms with Gasteiger partial charge in [-0.05, 0) is 93.2 Å². The number of nitrogens with zero attached hydrogens (tertiary/aromatic N) is 5. The maximum absolute atomic E-state index is 12.9. The molecule has 4 aliphatic rings.